The summed E-state index contributed by atoms with van der Waals surface area (Å²) in [6, 6.07) is 9.11. The summed E-state index contributed by atoms with van der Waals surface area (Å²) in [6.07, 6.45) is 0. The van der Waals surface area contributed by atoms with E-state index in [-0.39, 0.29) is 25.0 Å². The van der Waals surface area contributed by atoms with E-state index in [1.54, 1.807) is 4.90 Å². The van der Waals surface area contributed by atoms with Crippen LogP contribution in [-0.4, -0.2) is 79.1 Å². The molecule has 7 heteroatoms. The molecule has 0 spiro atoms. The van der Waals surface area contributed by atoms with Crippen LogP contribution in [0.15, 0.2) is 30.3 Å². The van der Waals surface area contributed by atoms with Crippen LogP contribution in [0.5, 0.6) is 0 Å². The van der Waals surface area contributed by atoms with Gasteiger partial charge >= 0.3 is 0 Å². The number of rotatable bonds is 4. The Morgan fingerprint density at radius 1 is 1.21 bits per heavy atom. The van der Waals surface area contributed by atoms with Crippen LogP contribution < -0.4 is 5.43 Å². The van der Waals surface area contributed by atoms with E-state index < -0.39 is 6.04 Å². The SMILES string of the molecule is CN1CCN(NC(=O)[C@H]2COCC(=O)N2Cc2ccccc2)CC1. The maximum absolute atomic E-state index is 12.7. The fourth-order valence-corrected chi connectivity index (χ4v) is 2.95. The van der Waals surface area contributed by atoms with Crippen LogP contribution in [0.1, 0.15) is 5.56 Å². The Balaban J connectivity index is 1.64. The van der Waals surface area contributed by atoms with Gasteiger partial charge in [0.25, 0.3) is 5.91 Å². The highest BCUT2D eigenvalue weighted by atomic mass is 16.5. The lowest BCUT2D eigenvalue weighted by atomic mass is 10.1. The molecule has 2 amide bonds. The number of hydrogen-bond acceptors (Lipinski definition) is 5. The predicted molar refractivity (Wildman–Crippen MR) is 88.8 cm³/mol. The second-order valence-electron chi connectivity index (χ2n) is 6.30. The molecule has 0 radical (unpaired) electrons. The zero-order chi connectivity index (χ0) is 16.9. The van der Waals surface area contributed by atoms with Gasteiger partial charge in [-0.1, -0.05) is 30.3 Å². The third-order valence-electron chi connectivity index (χ3n) is 4.47. The molecule has 0 aliphatic carbocycles. The molecule has 2 aliphatic heterocycles. The van der Waals surface area contributed by atoms with E-state index in [2.05, 4.69) is 17.4 Å². The van der Waals surface area contributed by atoms with Crippen molar-refractivity contribution in [3.63, 3.8) is 0 Å². The maximum Gasteiger partial charge on any atom is 0.259 e. The summed E-state index contributed by atoms with van der Waals surface area (Å²) in [7, 11) is 2.06. The Kier molecular flexibility index (Phi) is 5.44. The molecule has 1 atom stereocenters. The Morgan fingerprint density at radius 2 is 1.92 bits per heavy atom. The van der Waals surface area contributed by atoms with Crippen LogP contribution in [0, 0.1) is 0 Å². The van der Waals surface area contributed by atoms with Crippen molar-refractivity contribution in [2.24, 2.45) is 0 Å². The first-order chi connectivity index (χ1) is 11.6. The van der Waals surface area contributed by atoms with Crippen molar-refractivity contribution in [3.8, 4) is 0 Å². The van der Waals surface area contributed by atoms with Gasteiger partial charge in [-0.3, -0.25) is 15.0 Å². The smallest absolute Gasteiger partial charge is 0.259 e. The van der Waals surface area contributed by atoms with Crippen molar-refractivity contribution in [1.29, 1.82) is 0 Å². The van der Waals surface area contributed by atoms with Gasteiger partial charge in [0.2, 0.25) is 5.91 Å². The van der Waals surface area contributed by atoms with Crippen LogP contribution in [0.2, 0.25) is 0 Å². The summed E-state index contributed by atoms with van der Waals surface area (Å²) in [5.41, 5.74) is 3.94. The second-order valence-corrected chi connectivity index (χ2v) is 6.30. The number of piperazine rings is 1. The van der Waals surface area contributed by atoms with Crippen LogP contribution in [0.3, 0.4) is 0 Å². The molecule has 1 N–H and O–H groups in total. The minimum atomic E-state index is -0.592. The summed E-state index contributed by atoms with van der Waals surface area (Å²) in [6.45, 7) is 4.07. The van der Waals surface area contributed by atoms with E-state index in [1.165, 1.54) is 0 Å². The number of hydrogen-bond donors (Lipinski definition) is 1. The van der Waals surface area contributed by atoms with Gasteiger partial charge in [0.15, 0.2) is 0 Å². The van der Waals surface area contributed by atoms with E-state index in [0.717, 1.165) is 31.7 Å². The highest BCUT2D eigenvalue weighted by molar-refractivity contribution is 5.88. The molecule has 2 saturated heterocycles. The van der Waals surface area contributed by atoms with E-state index in [4.69, 9.17) is 4.74 Å². The number of benzene rings is 1. The van der Waals surface area contributed by atoms with Gasteiger partial charge in [-0.2, -0.15) is 0 Å². The fourth-order valence-electron chi connectivity index (χ4n) is 2.95. The molecule has 1 aromatic rings. The van der Waals surface area contributed by atoms with Crippen molar-refractivity contribution in [2.45, 2.75) is 12.6 Å². The number of likely N-dealkylation sites (N-methyl/N-ethyl adjacent to an activating group) is 1. The Morgan fingerprint density at radius 3 is 2.62 bits per heavy atom. The average Bonchev–Trinajstić information content (AvgIpc) is 2.59. The lowest BCUT2D eigenvalue weighted by Gasteiger charge is -2.37. The van der Waals surface area contributed by atoms with Gasteiger partial charge in [0.1, 0.15) is 12.6 Å². The topological polar surface area (TPSA) is 65.1 Å². The van der Waals surface area contributed by atoms with Crippen LogP contribution in [0.4, 0.5) is 0 Å². The Bertz CT molecular complexity index is 572. The normalized spacial score (nSPS) is 23.3. The van der Waals surface area contributed by atoms with E-state index in [9.17, 15) is 9.59 Å². The van der Waals surface area contributed by atoms with Gasteiger partial charge in [-0.15, -0.1) is 0 Å². The van der Waals surface area contributed by atoms with Crippen LogP contribution in [0.25, 0.3) is 0 Å². The summed E-state index contributed by atoms with van der Waals surface area (Å²) < 4.78 is 5.31. The first kappa shape index (κ1) is 16.9. The Hall–Kier alpha value is -1.96. The fraction of sp³-hybridized carbons (Fsp3) is 0.529. The summed E-state index contributed by atoms with van der Waals surface area (Å²) >= 11 is 0. The minimum absolute atomic E-state index is 0.0329. The molecule has 2 heterocycles. The molecule has 2 fully saturated rings. The summed E-state index contributed by atoms with van der Waals surface area (Å²) in [4.78, 5) is 28.7. The molecule has 0 unspecified atom stereocenters. The first-order valence-electron chi connectivity index (χ1n) is 8.28. The highest BCUT2D eigenvalue weighted by Gasteiger charge is 2.35. The van der Waals surface area contributed by atoms with Crippen LogP contribution in [-0.2, 0) is 20.9 Å². The molecule has 0 aromatic heterocycles. The Labute approximate surface area is 142 Å². The van der Waals surface area contributed by atoms with E-state index >= 15 is 0 Å². The molecular formula is C17H24N4O3. The third-order valence-corrected chi connectivity index (χ3v) is 4.47. The van der Waals surface area contributed by atoms with Crippen molar-refractivity contribution in [1.82, 2.24) is 20.2 Å². The van der Waals surface area contributed by atoms with E-state index in [1.807, 2.05) is 35.3 Å². The zero-order valence-corrected chi connectivity index (χ0v) is 14.0. The van der Waals surface area contributed by atoms with Crippen LogP contribution >= 0.6 is 0 Å². The third kappa shape index (κ3) is 4.11. The van der Waals surface area contributed by atoms with Gasteiger partial charge in [-0.05, 0) is 12.6 Å². The molecule has 7 nitrogen and oxygen atoms in total. The molecule has 2 aliphatic rings. The number of hydrazine groups is 1. The highest BCUT2D eigenvalue weighted by Crippen LogP contribution is 2.14. The van der Waals surface area contributed by atoms with Crippen molar-refractivity contribution < 1.29 is 14.3 Å². The number of ether oxygens (including phenoxy) is 1. The quantitative estimate of drug-likeness (QED) is 0.820. The van der Waals surface area contributed by atoms with Crippen molar-refractivity contribution in [3.05, 3.63) is 35.9 Å². The maximum atomic E-state index is 12.7. The van der Waals surface area contributed by atoms with E-state index in [0.29, 0.717) is 6.54 Å². The summed E-state index contributed by atoms with van der Waals surface area (Å²) in [5, 5.41) is 1.92. The minimum Gasteiger partial charge on any atom is -0.369 e. The van der Waals surface area contributed by atoms with Gasteiger partial charge in [0, 0.05) is 32.7 Å². The molecule has 24 heavy (non-hydrogen) atoms. The summed E-state index contributed by atoms with van der Waals surface area (Å²) in [5.74, 6) is -0.327. The number of morpholine rings is 1. The number of nitrogens with one attached hydrogen (secondary N) is 1. The largest absolute Gasteiger partial charge is 0.369 e. The van der Waals surface area contributed by atoms with Crippen molar-refractivity contribution >= 4 is 11.8 Å². The predicted octanol–water partition coefficient (Wildman–Crippen LogP) is -0.307. The molecule has 1 aromatic carbocycles. The second kappa shape index (κ2) is 7.74. The monoisotopic (exact) mass is 332 g/mol. The molecule has 0 bridgehead atoms. The van der Waals surface area contributed by atoms with Gasteiger partial charge in [0.05, 0.1) is 6.61 Å². The molecule has 130 valence electrons. The van der Waals surface area contributed by atoms with Gasteiger partial charge in [-0.25, -0.2) is 5.01 Å². The lowest BCUT2D eigenvalue weighted by Crippen LogP contribution is -2.60. The first-order valence-corrected chi connectivity index (χ1v) is 8.28. The zero-order valence-electron chi connectivity index (χ0n) is 14.0. The van der Waals surface area contributed by atoms with Crippen molar-refractivity contribution in [2.75, 3.05) is 46.4 Å². The lowest BCUT2D eigenvalue weighted by molar-refractivity contribution is -0.157. The standard InChI is InChI=1S/C17H24N4O3/c1-19-7-9-20(10-8-19)18-17(23)15-12-24-13-16(22)21(15)11-14-5-3-2-4-6-14/h2-6,15H,7-13H2,1H3,(H,18,23)/t15-/m1/s1. The molecule has 0 saturated carbocycles. The number of carbonyl (C=O) groups excluding carboxylic acids is 2. The number of carbonyl (C=O) groups is 2. The number of amides is 2. The van der Waals surface area contributed by atoms with Gasteiger partial charge < -0.3 is 14.5 Å². The molecular weight excluding hydrogens is 308 g/mol. The average molecular weight is 332 g/mol. The molecule has 3 rings (SSSR count). The number of nitrogens with zero attached hydrogens (tertiary/aromatic N) is 3.